The summed E-state index contributed by atoms with van der Waals surface area (Å²) in [4.78, 5) is 4.59. The van der Waals surface area contributed by atoms with Crippen LogP contribution in [0.3, 0.4) is 0 Å². The fourth-order valence-electron chi connectivity index (χ4n) is 2.25. The zero-order valence-electron chi connectivity index (χ0n) is 12.7. The second kappa shape index (κ2) is 5.49. The first-order chi connectivity index (χ1) is 10.0. The van der Waals surface area contributed by atoms with Crippen molar-refractivity contribution in [2.75, 3.05) is 5.32 Å². The van der Waals surface area contributed by atoms with E-state index in [4.69, 9.17) is 0 Å². The van der Waals surface area contributed by atoms with Crippen LogP contribution in [-0.2, 0) is 12.0 Å². The Balaban J connectivity index is 1.69. The van der Waals surface area contributed by atoms with E-state index in [9.17, 15) is 0 Å². The van der Waals surface area contributed by atoms with E-state index in [0.717, 1.165) is 17.2 Å². The van der Waals surface area contributed by atoms with Crippen LogP contribution in [0.1, 0.15) is 31.9 Å². The first kappa shape index (κ1) is 14.1. The number of nitrogens with zero attached hydrogens (tertiary/aromatic N) is 1. The van der Waals surface area contributed by atoms with E-state index >= 15 is 0 Å². The molecule has 2 nitrogen and oxygen atoms in total. The van der Waals surface area contributed by atoms with Gasteiger partial charge in [0.05, 0.1) is 10.2 Å². The SMILES string of the molecule is CC(C)(C)c1ccc(CNc2nc3ccccc3s2)cc1. The molecule has 0 spiro atoms. The van der Waals surface area contributed by atoms with Crippen molar-refractivity contribution in [2.45, 2.75) is 32.7 Å². The predicted molar refractivity (Wildman–Crippen MR) is 92.1 cm³/mol. The number of para-hydroxylation sites is 1. The van der Waals surface area contributed by atoms with Crippen LogP contribution in [0.5, 0.6) is 0 Å². The molecule has 108 valence electrons. The summed E-state index contributed by atoms with van der Waals surface area (Å²) >= 11 is 1.70. The molecule has 1 heterocycles. The van der Waals surface area contributed by atoms with E-state index in [1.807, 2.05) is 6.07 Å². The molecule has 0 amide bonds. The molecule has 0 unspecified atom stereocenters. The maximum absolute atomic E-state index is 4.59. The summed E-state index contributed by atoms with van der Waals surface area (Å²) in [5, 5.41) is 4.40. The van der Waals surface area contributed by atoms with Crippen molar-refractivity contribution in [2.24, 2.45) is 0 Å². The number of benzene rings is 2. The van der Waals surface area contributed by atoms with Crippen LogP contribution in [0.2, 0.25) is 0 Å². The second-order valence-electron chi connectivity index (χ2n) is 6.29. The third-order valence-corrected chi connectivity index (χ3v) is 4.55. The minimum absolute atomic E-state index is 0.207. The maximum atomic E-state index is 4.59. The molecule has 3 rings (SSSR count). The summed E-state index contributed by atoms with van der Waals surface area (Å²) in [5.74, 6) is 0. The number of nitrogens with one attached hydrogen (secondary N) is 1. The fourth-order valence-corrected chi connectivity index (χ4v) is 3.11. The number of aromatic nitrogens is 1. The van der Waals surface area contributed by atoms with Gasteiger partial charge < -0.3 is 5.32 Å². The van der Waals surface area contributed by atoms with E-state index < -0.39 is 0 Å². The molecule has 2 aromatic carbocycles. The van der Waals surface area contributed by atoms with Gasteiger partial charge in [0.15, 0.2) is 5.13 Å². The topological polar surface area (TPSA) is 24.9 Å². The van der Waals surface area contributed by atoms with Gasteiger partial charge in [-0.25, -0.2) is 4.98 Å². The first-order valence-electron chi connectivity index (χ1n) is 7.21. The number of hydrogen-bond acceptors (Lipinski definition) is 3. The number of anilines is 1. The molecule has 0 bridgehead atoms. The molecule has 0 fully saturated rings. The summed E-state index contributed by atoms with van der Waals surface area (Å²) in [7, 11) is 0. The minimum atomic E-state index is 0.207. The highest BCUT2D eigenvalue weighted by atomic mass is 32.1. The van der Waals surface area contributed by atoms with Gasteiger partial charge in [0.25, 0.3) is 0 Å². The van der Waals surface area contributed by atoms with Crippen LogP contribution in [0.15, 0.2) is 48.5 Å². The monoisotopic (exact) mass is 296 g/mol. The van der Waals surface area contributed by atoms with E-state index in [2.05, 4.69) is 73.5 Å². The summed E-state index contributed by atoms with van der Waals surface area (Å²) in [6.45, 7) is 7.52. The van der Waals surface area contributed by atoms with Crippen molar-refractivity contribution in [1.82, 2.24) is 4.98 Å². The Labute approximate surface area is 129 Å². The lowest BCUT2D eigenvalue weighted by molar-refractivity contribution is 0.590. The standard InChI is InChI=1S/C18H20N2S/c1-18(2,3)14-10-8-13(9-11-14)12-19-17-20-15-6-4-5-7-16(15)21-17/h4-11H,12H2,1-3H3,(H,19,20). The van der Waals surface area contributed by atoms with Crippen molar-refractivity contribution in [3.8, 4) is 0 Å². The van der Waals surface area contributed by atoms with E-state index in [-0.39, 0.29) is 5.41 Å². The fraction of sp³-hybridized carbons (Fsp3) is 0.278. The molecular weight excluding hydrogens is 276 g/mol. The van der Waals surface area contributed by atoms with Crippen LogP contribution < -0.4 is 5.32 Å². The third-order valence-electron chi connectivity index (χ3n) is 3.56. The van der Waals surface area contributed by atoms with E-state index in [1.165, 1.54) is 15.8 Å². The molecule has 0 aliphatic rings. The van der Waals surface area contributed by atoms with Crippen molar-refractivity contribution >= 4 is 26.7 Å². The molecule has 0 atom stereocenters. The number of hydrogen-bond donors (Lipinski definition) is 1. The van der Waals surface area contributed by atoms with Gasteiger partial charge in [0, 0.05) is 6.54 Å². The number of fused-ring (bicyclic) bond motifs is 1. The van der Waals surface area contributed by atoms with Crippen LogP contribution in [0.4, 0.5) is 5.13 Å². The van der Waals surface area contributed by atoms with Gasteiger partial charge in [0.1, 0.15) is 0 Å². The van der Waals surface area contributed by atoms with Crippen LogP contribution in [-0.4, -0.2) is 4.98 Å². The lowest BCUT2D eigenvalue weighted by Gasteiger charge is -2.19. The normalized spacial score (nSPS) is 11.8. The maximum Gasteiger partial charge on any atom is 0.184 e. The summed E-state index contributed by atoms with van der Waals surface area (Å²) in [6, 6.07) is 17.1. The highest BCUT2D eigenvalue weighted by Gasteiger charge is 2.12. The Bertz CT molecular complexity index is 703. The van der Waals surface area contributed by atoms with Gasteiger partial charge in [0.2, 0.25) is 0 Å². The summed E-state index contributed by atoms with van der Waals surface area (Å²) in [6.07, 6.45) is 0. The highest BCUT2D eigenvalue weighted by Crippen LogP contribution is 2.26. The molecule has 0 saturated heterocycles. The first-order valence-corrected chi connectivity index (χ1v) is 8.03. The molecule has 3 heteroatoms. The summed E-state index contributed by atoms with van der Waals surface area (Å²) < 4.78 is 1.23. The van der Waals surface area contributed by atoms with Crippen LogP contribution in [0.25, 0.3) is 10.2 Å². The van der Waals surface area contributed by atoms with Gasteiger partial charge in [-0.05, 0) is 28.7 Å². The Morgan fingerprint density at radius 2 is 1.71 bits per heavy atom. The zero-order valence-corrected chi connectivity index (χ0v) is 13.5. The Hall–Kier alpha value is -1.87. The molecule has 1 N–H and O–H groups in total. The van der Waals surface area contributed by atoms with Crippen LogP contribution >= 0.6 is 11.3 Å². The van der Waals surface area contributed by atoms with E-state index in [0.29, 0.717) is 0 Å². The average Bonchev–Trinajstić information content (AvgIpc) is 2.87. The smallest absolute Gasteiger partial charge is 0.184 e. The van der Waals surface area contributed by atoms with Gasteiger partial charge in [-0.3, -0.25) is 0 Å². The molecule has 0 aliphatic heterocycles. The zero-order chi connectivity index (χ0) is 14.9. The lowest BCUT2D eigenvalue weighted by atomic mass is 9.87. The quantitative estimate of drug-likeness (QED) is 0.718. The highest BCUT2D eigenvalue weighted by molar-refractivity contribution is 7.22. The molecule has 1 aromatic heterocycles. The van der Waals surface area contributed by atoms with Crippen molar-refractivity contribution in [3.63, 3.8) is 0 Å². The van der Waals surface area contributed by atoms with Gasteiger partial charge >= 0.3 is 0 Å². The molecule has 0 radical (unpaired) electrons. The largest absolute Gasteiger partial charge is 0.357 e. The Morgan fingerprint density at radius 3 is 2.38 bits per heavy atom. The Morgan fingerprint density at radius 1 is 1.00 bits per heavy atom. The second-order valence-corrected chi connectivity index (χ2v) is 7.32. The van der Waals surface area contributed by atoms with Crippen molar-refractivity contribution in [1.29, 1.82) is 0 Å². The van der Waals surface area contributed by atoms with Crippen molar-refractivity contribution in [3.05, 3.63) is 59.7 Å². The lowest BCUT2D eigenvalue weighted by Crippen LogP contribution is -2.11. The average molecular weight is 296 g/mol. The number of thiazole rings is 1. The van der Waals surface area contributed by atoms with Gasteiger partial charge in [-0.1, -0.05) is 68.5 Å². The minimum Gasteiger partial charge on any atom is -0.357 e. The van der Waals surface area contributed by atoms with Gasteiger partial charge in [-0.15, -0.1) is 0 Å². The molecular formula is C18H20N2S. The molecule has 21 heavy (non-hydrogen) atoms. The van der Waals surface area contributed by atoms with E-state index in [1.54, 1.807) is 11.3 Å². The molecule has 0 aliphatic carbocycles. The Kier molecular flexibility index (Phi) is 3.68. The predicted octanol–water partition coefficient (Wildman–Crippen LogP) is 5.21. The molecule has 0 saturated carbocycles. The number of rotatable bonds is 3. The van der Waals surface area contributed by atoms with Gasteiger partial charge in [-0.2, -0.15) is 0 Å². The molecule has 3 aromatic rings. The third kappa shape index (κ3) is 3.24. The van der Waals surface area contributed by atoms with Crippen LogP contribution in [0, 0.1) is 0 Å². The summed E-state index contributed by atoms with van der Waals surface area (Å²) in [5.41, 5.74) is 3.92. The van der Waals surface area contributed by atoms with Crippen molar-refractivity contribution < 1.29 is 0 Å².